The van der Waals surface area contributed by atoms with Crippen molar-refractivity contribution in [1.82, 2.24) is 9.97 Å². The summed E-state index contributed by atoms with van der Waals surface area (Å²) < 4.78 is 0.309. The maximum absolute atomic E-state index is 4.34. The molecule has 1 aliphatic rings. The Morgan fingerprint density at radius 1 is 1.44 bits per heavy atom. The summed E-state index contributed by atoms with van der Waals surface area (Å²) in [4.78, 5) is 10.8. The highest BCUT2D eigenvalue weighted by Crippen LogP contribution is 2.31. The average Bonchev–Trinajstić information content (AvgIpc) is 2.28. The predicted molar refractivity (Wildman–Crippen MR) is 70.3 cm³/mol. The molecule has 1 N–H and O–H groups in total. The third kappa shape index (κ3) is 2.58. The largest absolute Gasteiger partial charge is 0.373 e. The van der Waals surface area contributed by atoms with Gasteiger partial charge in [0.15, 0.2) is 0 Å². The minimum Gasteiger partial charge on any atom is -0.373 e. The lowest BCUT2D eigenvalue weighted by Gasteiger charge is -2.38. The summed E-state index contributed by atoms with van der Waals surface area (Å²) in [5, 5.41) is 3.04. The molecule has 0 spiro atoms. The Kier molecular flexibility index (Phi) is 3.23. The molecule has 1 aromatic rings. The summed E-state index contributed by atoms with van der Waals surface area (Å²) in [5.41, 5.74) is 0. The van der Waals surface area contributed by atoms with Gasteiger partial charge in [0.05, 0.1) is 0 Å². The van der Waals surface area contributed by atoms with Crippen LogP contribution in [0.25, 0.3) is 0 Å². The Morgan fingerprint density at radius 2 is 2.25 bits per heavy atom. The molecule has 0 saturated carbocycles. The second kappa shape index (κ2) is 4.49. The molecule has 0 amide bonds. The van der Waals surface area contributed by atoms with Gasteiger partial charge >= 0.3 is 0 Å². The fraction of sp³-hybridized carbons (Fsp3) is 0.636. The maximum Gasteiger partial charge on any atom is 0.134 e. The molecule has 1 aliphatic heterocycles. The summed E-state index contributed by atoms with van der Waals surface area (Å²) in [5.74, 6) is 3.06. The Labute approximate surface area is 101 Å². The first-order chi connectivity index (χ1) is 7.61. The molecule has 0 bridgehead atoms. The van der Waals surface area contributed by atoms with Crippen molar-refractivity contribution in [3.05, 3.63) is 12.4 Å². The lowest BCUT2D eigenvalue weighted by Crippen LogP contribution is -2.43. The van der Waals surface area contributed by atoms with E-state index in [2.05, 4.69) is 34.0 Å². The van der Waals surface area contributed by atoms with Crippen LogP contribution in [0.4, 0.5) is 11.6 Å². The van der Waals surface area contributed by atoms with Crippen LogP contribution < -0.4 is 10.2 Å². The molecule has 2 heterocycles. The second-order valence-electron chi connectivity index (χ2n) is 4.54. The van der Waals surface area contributed by atoms with Crippen molar-refractivity contribution in [3.8, 4) is 0 Å². The minimum atomic E-state index is 0.309. The van der Waals surface area contributed by atoms with Crippen molar-refractivity contribution < 1.29 is 0 Å². The fourth-order valence-corrected chi connectivity index (χ4v) is 2.98. The normalized spacial score (nSPS) is 19.6. The zero-order valence-corrected chi connectivity index (χ0v) is 10.8. The summed E-state index contributed by atoms with van der Waals surface area (Å²) in [6.07, 6.45) is 1.62. The molecule has 0 aromatic carbocycles. The topological polar surface area (TPSA) is 41.0 Å². The molecule has 4 nitrogen and oxygen atoms in total. The Hall–Kier alpha value is -0.970. The van der Waals surface area contributed by atoms with Gasteiger partial charge < -0.3 is 10.2 Å². The van der Waals surface area contributed by atoms with Gasteiger partial charge in [0.2, 0.25) is 0 Å². The van der Waals surface area contributed by atoms with Crippen LogP contribution in [0.1, 0.15) is 13.8 Å². The zero-order valence-electron chi connectivity index (χ0n) is 10.0. The first-order valence-electron chi connectivity index (χ1n) is 5.49. The number of anilines is 2. The van der Waals surface area contributed by atoms with Gasteiger partial charge in [-0.1, -0.05) is 0 Å². The molecule has 0 aliphatic carbocycles. The van der Waals surface area contributed by atoms with Crippen LogP contribution in [0, 0.1) is 0 Å². The van der Waals surface area contributed by atoms with Crippen molar-refractivity contribution in [3.63, 3.8) is 0 Å². The molecule has 5 heteroatoms. The lowest BCUT2D eigenvalue weighted by atomic mass is 10.2. The lowest BCUT2D eigenvalue weighted by molar-refractivity contribution is 0.642. The Bertz CT molecular complexity index is 367. The fourth-order valence-electron chi connectivity index (χ4n) is 1.87. The predicted octanol–water partition coefficient (Wildman–Crippen LogP) is 1.85. The molecular weight excluding hydrogens is 220 g/mol. The molecule has 0 radical (unpaired) electrons. The quantitative estimate of drug-likeness (QED) is 0.851. The van der Waals surface area contributed by atoms with E-state index in [1.807, 2.05) is 24.9 Å². The molecule has 1 fully saturated rings. The molecular formula is C11H18N4S. The van der Waals surface area contributed by atoms with E-state index in [1.54, 1.807) is 6.33 Å². The monoisotopic (exact) mass is 238 g/mol. The van der Waals surface area contributed by atoms with Crippen LogP contribution in [0.3, 0.4) is 0 Å². The van der Waals surface area contributed by atoms with Crippen LogP contribution in [0.15, 0.2) is 12.4 Å². The Morgan fingerprint density at radius 3 is 2.94 bits per heavy atom. The third-order valence-corrected chi connectivity index (χ3v) is 3.96. The highest BCUT2D eigenvalue weighted by Gasteiger charge is 2.27. The SMILES string of the molecule is CNc1cc(N2CCSC(C)(C)C2)ncn1. The molecule has 0 atom stereocenters. The van der Waals surface area contributed by atoms with Crippen molar-refractivity contribution in [2.24, 2.45) is 0 Å². The van der Waals surface area contributed by atoms with Gasteiger partial charge in [-0.25, -0.2) is 9.97 Å². The first-order valence-corrected chi connectivity index (χ1v) is 6.48. The van der Waals surface area contributed by atoms with Gasteiger partial charge in [-0.05, 0) is 13.8 Å². The van der Waals surface area contributed by atoms with E-state index in [-0.39, 0.29) is 0 Å². The summed E-state index contributed by atoms with van der Waals surface area (Å²) in [6.45, 7) is 6.67. The average molecular weight is 238 g/mol. The van der Waals surface area contributed by atoms with E-state index in [4.69, 9.17) is 0 Å². The van der Waals surface area contributed by atoms with E-state index < -0.39 is 0 Å². The molecule has 1 aromatic heterocycles. The van der Waals surface area contributed by atoms with Crippen LogP contribution in [0.5, 0.6) is 0 Å². The number of thioether (sulfide) groups is 1. The Balaban J connectivity index is 2.16. The van der Waals surface area contributed by atoms with Crippen LogP contribution in [0.2, 0.25) is 0 Å². The van der Waals surface area contributed by atoms with E-state index in [0.717, 1.165) is 30.5 Å². The summed E-state index contributed by atoms with van der Waals surface area (Å²) in [6, 6.07) is 2.01. The number of aromatic nitrogens is 2. The second-order valence-corrected chi connectivity index (χ2v) is 6.34. The molecule has 0 unspecified atom stereocenters. The van der Waals surface area contributed by atoms with E-state index in [9.17, 15) is 0 Å². The van der Waals surface area contributed by atoms with Gasteiger partial charge in [-0.3, -0.25) is 0 Å². The number of hydrogen-bond donors (Lipinski definition) is 1. The number of hydrogen-bond acceptors (Lipinski definition) is 5. The third-order valence-electron chi connectivity index (χ3n) is 2.66. The van der Waals surface area contributed by atoms with Gasteiger partial charge in [-0.15, -0.1) is 0 Å². The molecule has 16 heavy (non-hydrogen) atoms. The zero-order chi connectivity index (χ0) is 11.6. The van der Waals surface area contributed by atoms with Gasteiger partial charge in [0.1, 0.15) is 18.0 Å². The standard InChI is InChI=1S/C11H18N4S/c1-11(2)7-15(4-5-16-11)10-6-9(12-3)13-8-14-10/h6,8H,4-5,7H2,1-3H3,(H,12,13,14). The highest BCUT2D eigenvalue weighted by molar-refractivity contribution is 8.00. The number of nitrogens with one attached hydrogen (secondary N) is 1. The van der Waals surface area contributed by atoms with Crippen molar-refractivity contribution in [2.75, 3.05) is 36.1 Å². The number of rotatable bonds is 2. The van der Waals surface area contributed by atoms with Gasteiger partial charge in [-0.2, -0.15) is 11.8 Å². The van der Waals surface area contributed by atoms with Crippen molar-refractivity contribution >= 4 is 23.4 Å². The maximum atomic E-state index is 4.34. The molecule has 2 rings (SSSR count). The highest BCUT2D eigenvalue weighted by atomic mass is 32.2. The molecule has 1 saturated heterocycles. The van der Waals surface area contributed by atoms with Gasteiger partial charge in [0.25, 0.3) is 0 Å². The minimum absolute atomic E-state index is 0.309. The number of nitrogens with zero attached hydrogens (tertiary/aromatic N) is 3. The van der Waals surface area contributed by atoms with Crippen LogP contribution >= 0.6 is 11.8 Å². The van der Waals surface area contributed by atoms with Gasteiger partial charge in [0, 0.05) is 36.7 Å². The van der Waals surface area contributed by atoms with Crippen molar-refractivity contribution in [2.45, 2.75) is 18.6 Å². The molecule has 88 valence electrons. The van der Waals surface area contributed by atoms with E-state index in [1.165, 1.54) is 0 Å². The van der Waals surface area contributed by atoms with Crippen molar-refractivity contribution in [1.29, 1.82) is 0 Å². The van der Waals surface area contributed by atoms with E-state index >= 15 is 0 Å². The summed E-state index contributed by atoms with van der Waals surface area (Å²) >= 11 is 2.03. The smallest absolute Gasteiger partial charge is 0.134 e. The summed E-state index contributed by atoms with van der Waals surface area (Å²) in [7, 11) is 1.88. The van der Waals surface area contributed by atoms with E-state index in [0.29, 0.717) is 4.75 Å². The van der Waals surface area contributed by atoms with Crippen LogP contribution in [-0.4, -0.2) is 40.6 Å². The van der Waals surface area contributed by atoms with Crippen LogP contribution in [-0.2, 0) is 0 Å². The first kappa shape index (κ1) is 11.5.